The Morgan fingerprint density at radius 3 is 2.92 bits per heavy atom. The van der Waals surface area contributed by atoms with E-state index in [0.29, 0.717) is 0 Å². The van der Waals surface area contributed by atoms with Crippen LogP contribution in [-0.4, -0.2) is 0 Å². The van der Waals surface area contributed by atoms with E-state index in [1.807, 2.05) is 24.3 Å². The van der Waals surface area contributed by atoms with Gasteiger partial charge < -0.3 is 0 Å². The molecule has 0 N–H and O–H groups in total. The van der Waals surface area contributed by atoms with Crippen LogP contribution in [0.2, 0.25) is 0 Å². The Morgan fingerprint density at radius 1 is 1.42 bits per heavy atom. The molecule has 0 heterocycles. The lowest BCUT2D eigenvalue weighted by Gasteiger charge is -2.18. The highest BCUT2D eigenvalue weighted by atomic mass is 14.3. The van der Waals surface area contributed by atoms with Crippen LogP contribution in [0.4, 0.5) is 0 Å². The van der Waals surface area contributed by atoms with Crippen molar-refractivity contribution >= 4 is 0 Å². The minimum Gasteiger partial charge on any atom is -0.198 e. The summed E-state index contributed by atoms with van der Waals surface area (Å²) >= 11 is 0. The summed E-state index contributed by atoms with van der Waals surface area (Å²) in [5, 5.41) is 17.1. The summed E-state index contributed by atoms with van der Waals surface area (Å²) in [6.07, 6.45) is 9.25. The Bertz CT molecular complexity index is 275. The van der Waals surface area contributed by atoms with Gasteiger partial charge in [-0.15, -0.1) is 0 Å². The maximum absolute atomic E-state index is 8.74. The first-order valence-electron chi connectivity index (χ1n) is 4.01. The van der Waals surface area contributed by atoms with Crippen LogP contribution >= 0.6 is 0 Å². The standard InChI is InChI=1S/C10H10N2/c11-7-3-6-9-4-1-2-5-10(9)8-12/h2-3,5-6,9-10H,1,4H2/b6-3+/t9-,10-/m0/s1. The van der Waals surface area contributed by atoms with Crippen molar-refractivity contribution in [1.29, 1.82) is 10.5 Å². The zero-order valence-electron chi connectivity index (χ0n) is 6.77. The van der Waals surface area contributed by atoms with E-state index in [-0.39, 0.29) is 11.8 Å². The van der Waals surface area contributed by atoms with Crippen LogP contribution in [0.1, 0.15) is 12.8 Å². The van der Waals surface area contributed by atoms with Crippen LogP contribution in [-0.2, 0) is 0 Å². The summed E-state index contributed by atoms with van der Waals surface area (Å²) in [5.74, 6) is 0.197. The number of nitrogens with zero attached hydrogens (tertiary/aromatic N) is 2. The SMILES string of the molecule is N#C/C=C/[C@@H]1CCC=C[C@H]1C#N. The molecule has 0 radical (unpaired) electrons. The van der Waals surface area contributed by atoms with Gasteiger partial charge in [0.15, 0.2) is 0 Å². The molecule has 0 fully saturated rings. The number of allylic oxidation sites excluding steroid dienone is 4. The second-order valence-corrected chi connectivity index (χ2v) is 2.81. The molecule has 1 aliphatic rings. The van der Waals surface area contributed by atoms with Crippen molar-refractivity contribution in [2.75, 3.05) is 0 Å². The van der Waals surface area contributed by atoms with Crippen LogP contribution in [0.5, 0.6) is 0 Å². The normalized spacial score (nSPS) is 28.2. The fourth-order valence-corrected chi connectivity index (χ4v) is 1.38. The van der Waals surface area contributed by atoms with E-state index in [2.05, 4.69) is 6.07 Å². The van der Waals surface area contributed by atoms with Crippen molar-refractivity contribution in [1.82, 2.24) is 0 Å². The van der Waals surface area contributed by atoms with E-state index < -0.39 is 0 Å². The van der Waals surface area contributed by atoms with Crippen LogP contribution < -0.4 is 0 Å². The van der Waals surface area contributed by atoms with Gasteiger partial charge in [-0.2, -0.15) is 10.5 Å². The van der Waals surface area contributed by atoms with Crippen LogP contribution in [0.15, 0.2) is 24.3 Å². The highest BCUT2D eigenvalue weighted by molar-refractivity contribution is 5.14. The van der Waals surface area contributed by atoms with Gasteiger partial charge in [0.2, 0.25) is 0 Å². The Balaban J connectivity index is 2.65. The second-order valence-electron chi connectivity index (χ2n) is 2.81. The minimum atomic E-state index is -0.0386. The molecule has 0 unspecified atom stereocenters. The lowest BCUT2D eigenvalue weighted by molar-refractivity contribution is 0.504. The molecule has 0 aromatic heterocycles. The van der Waals surface area contributed by atoms with Gasteiger partial charge >= 0.3 is 0 Å². The van der Waals surface area contributed by atoms with Crippen LogP contribution in [0.25, 0.3) is 0 Å². The fraction of sp³-hybridized carbons (Fsp3) is 0.400. The molecule has 0 bridgehead atoms. The summed E-state index contributed by atoms with van der Waals surface area (Å²) in [4.78, 5) is 0. The van der Waals surface area contributed by atoms with Crippen molar-refractivity contribution in [2.24, 2.45) is 11.8 Å². The predicted molar refractivity (Wildman–Crippen MR) is 45.7 cm³/mol. The van der Waals surface area contributed by atoms with Gasteiger partial charge in [0, 0.05) is 6.08 Å². The van der Waals surface area contributed by atoms with E-state index in [0.717, 1.165) is 12.8 Å². The average molecular weight is 158 g/mol. The maximum Gasteiger partial charge on any atom is 0.0908 e. The summed E-state index contributed by atoms with van der Waals surface area (Å²) in [6, 6.07) is 4.16. The van der Waals surface area contributed by atoms with Crippen molar-refractivity contribution < 1.29 is 0 Å². The number of hydrogen-bond acceptors (Lipinski definition) is 2. The molecule has 2 atom stereocenters. The molecule has 0 saturated carbocycles. The lowest BCUT2D eigenvalue weighted by Crippen LogP contribution is -2.11. The molecule has 0 saturated heterocycles. The molecule has 12 heavy (non-hydrogen) atoms. The van der Waals surface area contributed by atoms with E-state index in [4.69, 9.17) is 10.5 Å². The summed E-state index contributed by atoms with van der Waals surface area (Å²) < 4.78 is 0. The highest BCUT2D eigenvalue weighted by Crippen LogP contribution is 2.24. The predicted octanol–water partition coefficient (Wildman–Crippen LogP) is 2.17. The quantitative estimate of drug-likeness (QED) is 0.433. The van der Waals surface area contributed by atoms with Gasteiger partial charge in [-0.1, -0.05) is 18.2 Å². The summed E-state index contributed by atoms with van der Waals surface area (Å²) in [6.45, 7) is 0. The zero-order valence-corrected chi connectivity index (χ0v) is 6.77. The van der Waals surface area contributed by atoms with Crippen molar-refractivity contribution in [3.8, 4) is 12.1 Å². The molecular formula is C10H10N2. The van der Waals surface area contributed by atoms with Gasteiger partial charge in [-0.05, 0) is 18.8 Å². The van der Waals surface area contributed by atoms with E-state index in [1.165, 1.54) is 6.08 Å². The summed E-state index contributed by atoms with van der Waals surface area (Å²) in [5.41, 5.74) is 0. The molecule has 0 amide bonds. The molecule has 0 aromatic carbocycles. The van der Waals surface area contributed by atoms with E-state index in [9.17, 15) is 0 Å². The number of rotatable bonds is 1. The molecule has 2 nitrogen and oxygen atoms in total. The second kappa shape index (κ2) is 4.36. The molecule has 0 aliphatic heterocycles. The van der Waals surface area contributed by atoms with E-state index in [1.54, 1.807) is 0 Å². The Kier molecular flexibility index (Phi) is 3.11. The largest absolute Gasteiger partial charge is 0.198 e. The van der Waals surface area contributed by atoms with Crippen LogP contribution in [0, 0.1) is 34.5 Å². The molecule has 1 aliphatic carbocycles. The third-order valence-electron chi connectivity index (χ3n) is 2.04. The molecule has 2 heteroatoms. The molecular weight excluding hydrogens is 148 g/mol. The first-order chi connectivity index (χ1) is 5.88. The monoisotopic (exact) mass is 158 g/mol. The van der Waals surface area contributed by atoms with Crippen molar-refractivity contribution in [3.63, 3.8) is 0 Å². The van der Waals surface area contributed by atoms with E-state index >= 15 is 0 Å². The first-order valence-corrected chi connectivity index (χ1v) is 4.01. The summed E-state index contributed by atoms with van der Waals surface area (Å²) in [7, 11) is 0. The lowest BCUT2D eigenvalue weighted by atomic mass is 9.85. The zero-order chi connectivity index (χ0) is 8.81. The topological polar surface area (TPSA) is 47.6 Å². The number of nitriles is 2. The maximum atomic E-state index is 8.74. The third-order valence-corrected chi connectivity index (χ3v) is 2.04. The fourth-order valence-electron chi connectivity index (χ4n) is 1.38. The third kappa shape index (κ3) is 1.97. The smallest absolute Gasteiger partial charge is 0.0908 e. The number of hydrogen-bond donors (Lipinski definition) is 0. The molecule has 0 aromatic rings. The van der Waals surface area contributed by atoms with Gasteiger partial charge in [0.05, 0.1) is 18.1 Å². The highest BCUT2D eigenvalue weighted by Gasteiger charge is 2.17. The van der Waals surface area contributed by atoms with Gasteiger partial charge in [-0.25, -0.2) is 0 Å². The molecule has 1 rings (SSSR count). The van der Waals surface area contributed by atoms with Gasteiger partial charge in [-0.3, -0.25) is 0 Å². The Morgan fingerprint density at radius 2 is 2.25 bits per heavy atom. The van der Waals surface area contributed by atoms with Crippen molar-refractivity contribution in [3.05, 3.63) is 24.3 Å². The minimum absolute atomic E-state index is 0.0386. The Hall–Kier alpha value is -1.54. The molecule has 0 spiro atoms. The first kappa shape index (κ1) is 8.56. The van der Waals surface area contributed by atoms with Gasteiger partial charge in [0.1, 0.15) is 0 Å². The Labute approximate surface area is 72.4 Å². The van der Waals surface area contributed by atoms with Crippen LogP contribution in [0.3, 0.4) is 0 Å². The van der Waals surface area contributed by atoms with Crippen molar-refractivity contribution in [2.45, 2.75) is 12.8 Å². The average Bonchev–Trinajstić information content (AvgIpc) is 2.15. The molecule has 60 valence electrons. The van der Waals surface area contributed by atoms with Gasteiger partial charge in [0.25, 0.3) is 0 Å².